The Kier molecular flexibility index (Phi) is 13.3. The van der Waals surface area contributed by atoms with E-state index < -0.39 is 89.6 Å². The number of rotatable bonds is 16. The number of sulfone groups is 1. The maximum Gasteiger partial charge on any atom is 0.511 e. The number of nitrogens with two attached hydrogens (primary N) is 1. The van der Waals surface area contributed by atoms with E-state index in [1.807, 2.05) is 0 Å². The number of ether oxygens (including phenoxy) is 3. The molecule has 0 fully saturated rings. The number of amides is 1. The molecule has 2 aromatic rings. The largest absolute Gasteiger partial charge is 0.511 e. The van der Waals surface area contributed by atoms with Gasteiger partial charge in [0.15, 0.2) is 25.5 Å². The number of benzene rings is 2. The molecule has 0 saturated carbocycles. The molecule has 2 aromatic carbocycles. The monoisotopic (exact) mass is 676 g/mol. The topological polar surface area (TPSA) is 219 Å². The molecule has 0 heterocycles. The fraction of sp³-hybridized carbons (Fsp3) is 0.444. The number of carbonyl (C=O) groups is 3. The average Bonchev–Trinajstić information content (AvgIpc) is 2.97. The lowest BCUT2D eigenvalue weighted by Crippen LogP contribution is -2.58. The number of nitrogens with one attached hydrogen (secondary N) is 1. The normalized spacial score (nSPS) is 14.7. The highest BCUT2D eigenvalue weighted by molar-refractivity contribution is 7.93. The molecule has 14 nitrogen and oxygen atoms in total. The molecule has 0 saturated heterocycles. The zero-order chi connectivity index (χ0) is 33.1. The Morgan fingerprint density at radius 1 is 0.955 bits per heavy atom. The predicted octanol–water partition coefficient (Wildman–Crippen LogP) is 0.232. The molecule has 2 rings (SSSR count). The van der Waals surface area contributed by atoms with Crippen LogP contribution in [0.1, 0.15) is 30.9 Å². The second-order valence-corrected chi connectivity index (χ2v) is 15.1. The molecule has 44 heavy (non-hydrogen) atoms. The highest BCUT2D eigenvalue weighted by atomic mass is 32.2. The molecule has 17 heteroatoms. The van der Waals surface area contributed by atoms with Crippen LogP contribution in [0.5, 0.6) is 0 Å². The Bertz CT molecular complexity index is 1520. The van der Waals surface area contributed by atoms with E-state index in [1.165, 1.54) is 31.2 Å². The first-order valence-corrected chi connectivity index (χ1v) is 17.6. The van der Waals surface area contributed by atoms with Gasteiger partial charge < -0.3 is 25.3 Å². The number of thiol groups is 2. The lowest BCUT2D eigenvalue weighted by molar-refractivity contribution is -0.174. The zero-order valence-electron chi connectivity index (χ0n) is 24.2. The first kappa shape index (κ1) is 36.7. The van der Waals surface area contributed by atoms with Crippen molar-refractivity contribution in [3.8, 4) is 0 Å². The van der Waals surface area contributed by atoms with Gasteiger partial charge in [0.25, 0.3) is 0 Å². The molecule has 3 unspecified atom stereocenters. The summed E-state index contributed by atoms with van der Waals surface area (Å²) in [6.45, 7) is 1.31. The maximum atomic E-state index is 14.1. The fourth-order valence-electron chi connectivity index (χ4n) is 4.46. The summed E-state index contributed by atoms with van der Waals surface area (Å²) >= 11 is 0. The third-order valence-corrected chi connectivity index (χ3v) is 11.0. The highest BCUT2D eigenvalue weighted by Gasteiger charge is 2.52. The van der Waals surface area contributed by atoms with Crippen LogP contribution in [0.2, 0.25) is 0 Å². The van der Waals surface area contributed by atoms with Gasteiger partial charge in [0.1, 0.15) is 9.84 Å². The van der Waals surface area contributed by atoms with Crippen molar-refractivity contribution >= 4 is 49.3 Å². The summed E-state index contributed by atoms with van der Waals surface area (Å²) in [4.78, 5) is 39.8. The standard InChI is InChI=1S/C27H36N2O12S3/c1-4-40-25(32)41-27(24(31)39-2,21-13-9-6-10-14-21)29-23(30)20(17-19-11-7-5-8-12-19)18-26(42(33)34,43(35)36)22(28)15-16-44(3,37)38/h5-14,20,22,42-43H,4,15-18,28H2,1-3H3,(H,29,30). The SMILES string of the molecule is CCOC(=O)OC(NC(=O)C(Cc1ccccc1)CC(C(N)CCS(C)(=O)=O)([SH](=O)=O)[SH](=O)=O)(C(=O)OC)c1ccccc1. The molecule has 0 bridgehead atoms. The van der Waals surface area contributed by atoms with Crippen molar-refractivity contribution in [2.75, 3.05) is 25.7 Å². The van der Waals surface area contributed by atoms with Gasteiger partial charge in [0, 0.05) is 23.8 Å². The minimum absolute atomic E-state index is 0.0763. The predicted molar refractivity (Wildman–Crippen MR) is 160 cm³/mol. The molecule has 0 spiro atoms. The van der Waals surface area contributed by atoms with Crippen LogP contribution in [0.3, 0.4) is 0 Å². The van der Waals surface area contributed by atoms with Gasteiger partial charge in [-0.2, -0.15) is 0 Å². The summed E-state index contributed by atoms with van der Waals surface area (Å²) in [6, 6.07) is 13.6. The first-order valence-electron chi connectivity index (χ1n) is 13.2. The first-order chi connectivity index (χ1) is 20.6. The third kappa shape index (κ3) is 9.23. The van der Waals surface area contributed by atoms with Crippen LogP contribution in [0.4, 0.5) is 4.79 Å². The number of methoxy groups -OCH3 is 1. The van der Waals surface area contributed by atoms with Crippen molar-refractivity contribution in [2.24, 2.45) is 11.7 Å². The smallest absolute Gasteiger partial charge is 0.464 e. The van der Waals surface area contributed by atoms with Crippen LogP contribution in [0, 0.1) is 5.92 Å². The van der Waals surface area contributed by atoms with Gasteiger partial charge in [0.05, 0.1) is 19.5 Å². The van der Waals surface area contributed by atoms with Crippen molar-refractivity contribution in [1.29, 1.82) is 0 Å². The van der Waals surface area contributed by atoms with Gasteiger partial charge in [-0.15, -0.1) is 0 Å². The fourth-order valence-corrected chi connectivity index (χ4v) is 7.21. The quantitative estimate of drug-likeness (QED) is 0.106. The van der Waals surface area contributed by atoms with Crippen molar-refractivity contribution in [3.63, 3.8) is 0 Å². The molecule has 3 atom stereocenters. The second-order valence-electron chi connectivity index (χ2n) is 9.82. The molecule has 0 aliphatic heterocycles. The number of hydrogen-bond donors (Lipinski definition) is 4. The van der Waals surface area contributed by atoms with Crippen LogP contribution in [-0.4, -0.2) is 79.1 Å². The van der Waals surface area contributed by atoms with E-state index >= 15 is 0 Å². The summed E-state index contributed by atoms with van der Waals surface area (Å²) in [5, 5.41) is 2.34. The van der Waals surface area contributed by atoms with Gasteiger partial charge in [-0.3, -0.25) is 4.79 Å². The van der Waals surface area contributed by atoms with Crippen LogP contribution in [-0.2, 0) is 67.2 Å². The minimum atomic E-state index is -3.91. The lowest BCUT2D eigenvalue weighted by Gasteiger charge is -2.35. The van der Waals surface area contributed by atoms with Gasteiger partial charge in [-0.05, 0) is 31.7 Å². The Hall–Kier alpha value is -3.54. The van der Waals surface area contributed by atoms with Crippen molar-refractivity contribution in [2.45, 2.75) is 42.0 Å². The molecular weight excluding hydrogens is 640 g/mol. The van der Waals surface area contributed by atoms with E-state index in [-0.39, 0.29) is 18.6 Å². The van der Waals surface area contributed by atoms with Crippen LogP contribution in [0.15, 0.2) is 60.7 Å². The molecule has 1 amide bonds. The molecular formula is C27H36N2O12S3. The Labute approximate surface area is 259 Å². The summed E-state index contributed by atoms with van der Waals surface area (Å²) in [6.07, 6.45) is -2.22. The summed E-state index contributed by atoms with van der Waals surface area (Å²) in [5.41, 5.74) is 3.82. The zero-order valence-corrected chi connectivity index (χ0v) is 26.8. The molecule has 0 aromatic heterocycles. The molecule has 0 aliphatic rings. The Balaban J connectivity index is 2.73. The van der Waals surface area contributed by atoms with E-state index in [1.54, 1.807) is 36.4 Å². The highest BCUT2D eigenvalue weighted by Crippen LogP contribution is 2.32. The van der Waals surface area contributed by atoms with Crippen LogP contribution in [0.25, 0.3) is 0 Å². The summed E-state index contributed by atoms with van der Waals surface area (Å²) < 4.78 is 86.4. The van der Waals surface area contributed by atoms with Gasteiger partial charge in [0.2, 0.25) is 5.91 Å². The van der Waals surface area contributed by atoms with Gasteiger partial charge >= 0.3 is 17.8 Å². The Morgan fingerprint density at radius 3 is 1.98 bits per heavy atom. The van der Waals surface area contributed by atoms with Crippen molar-refractivity contribution in [1.82, 2.24) is 5.32 Å². The summed E-state index contributed by atoms with van der Waals surface area (Å²) in [5.74, 6) is -4.53. The van der Waals surface area contributed by atoms with E-state index in [9.17, 15) is 39.6 Å². The number of carbonyl (C=O) groups excluding carboxylic acids is 3. The molecule has 244 valence electrons. The van der Waals surface area contributed by atoms with Gasteiger partial charge in [-0.1, -0.05) is 60.7 Å². The minimum Gasteiger partial charge on any atom is -0.464 e. The van der Waals surface area contributed by atoms with E-state index in [0.29, 0.717) is 5.56 Å². The summed E-state index contributed by atoms with van der Waals surface area (Å²) in [7, 11) is -10.5. The second kappa shape index (κ2) is 16.0. The van der Waals surface area contributed by atoms with E-state index in [4.69, 9.17) is 19.9 Å². The van der Waals surface area contributed by atoms with Crippen molar-refractivity contribution in [3.05, 3.63) is 71.8 Å². The van der Waals surface area contributed by atoms with Gasteiger partial charge in [-0.25, -0.2) is 34.8 Å². The average molecular weight is 677 g/mol. The van der Waals surface area contributed by atoms with Crippen LogP contribution >= 0.6 is 0 Å². The molecule has 0 aliphatic carbocycles. The lowest BCUT2D eigenvalue weighted by atomic mass is 9.90. The number of esters is 1. The maximum absolute atomic E-state index is 14.1. The molecule has 0 radical (unpaired) electrons. The van der Waals surface area contributed by atoms with E-state index in [2.05, 4.69) is 5.32 Å². The van der Waals surface area contributed by atoms with E-state index in [0.717, 1.165) is 13.4 Å². The molecule has 3 N–H and O–H groups in total. The van der Waals surface area contributed by atoms with Crippen LogP contribution < -0.4 is 11.1 Å². The Morgan fingerprint density at radius 2 is 1.50 bits per heavy atom. The number of hydrogen-bond acceptors (Lipinski definition) is 13. The third-order valence-electron chi connectivity index (χ3n) is 6.72. The van der Waals surface area contributed by atoms with Crippen molar-refractivity contribution < 1.29 is 53.8 Å².